The van der Waals surface area contributed by atoms with Crippen molar-refractivity contribution >= 4 is 56.7 Å². The zero-order valence-corrected chi connectivity index (χ0v) is 24.8. The molecule has 3 aromatic rings. The van der Waals surface area contributed by atoms with Gasteiger partial charge in [-0.2, -0.15) is 17.7 Å². The van der Waals surface area contributed by atoms with Gasteiger partial charge in [0, 0.05) is 28.6 Å². The number of aromatic nitrogens is 1. The van der Waals surface area contributed by atoms with E-state index in [0.29, 0.717) is 12.1 Å². The standard InChI is InChI=1S/C31H31ClF3N2S2/c1-5-36-25-17-23(32)11-13-27(25)38-28(36)9-7-8-20-14-21(19-30(3,4)18-20)15-29-37(6-2)24-16-22(31(33,34)35)10-12-26(24)39-29/h7-17H,5-6,18-19H2,1-4H3/q+1. The van der Waals surface area contributed by atoms with Crippen molar-refractivity contribution in [3.63, 3.8) is 0 Å². The van der Waals surface area contributed by atoms with E-state index in [0.717, 1.165) is 39.8 Å². The minimum Gasteiger partial charge on any atom is -0.335 e. The molecule has 2 aromatic carbocycles. The third kappa shape index (κ3) is 6.01. The van der Waals surface area contributed by atoms with Gasteiger partial charge in [0.1, 0.15) is 11.2 Å². The van der Waals surface area contributed by atoms with Crippen LogP contribution in [0.1, 0.15) is 51.1 Å². The molecule has 0 amide bonds. The minimum absolute atomic E-state index is 0.0785. The highest BCUT2D eigenvalue weighted by molar-refractivity contribution is 8.03. The van der Waals surface area contributed by atoms with E-state index in [4.69, 9.17) is 11.6 Å². The summed E-state index contributed by atoms with van der Waals surface area (Å²) in [7, 11) is 0. The van der Waals surface area contributed by atoms with Crippen LogP contribution in [0.4, 0.5) is 18.9 Å². The normalized spacial score (nSPS) is 19.5. The molecule has 0 fully saturated rings. The second kappa shape index (κ2) is 10.8. The van der Waals surface area contributed by atoms with Crippen LogP contribution in [-0.2, 0) is 12.7 Å². The van der Waals surface area contributed by atoms with E-state index in [9.17, 15) is 13.2 Å². The van der Waals surface area contributed by atoms with Crippen LogP contribution in [-0.4, -0.2) is 6.54 Å². The number of thioether (sulfide) groups is 1. The van der Waals surface area contributed by atoms with Crippen molar-refractivity contribution in [2.75, 3.05) is 11.4 Å². The number of nitrogens with zero attached hydrogens (tertiary/aromatic N) is 2. The van der Waals surface area contributed by atoms with Gasteiger partial charge in [-0.25, -0.2) is 0 Å². The van der Waals surface area contributed by atoms with Crippen molar-refractivity contribution in [3.8, 4) is 0 Å². The Bertz CT molecular complexity index is 1540. The largest absolute Gasteiger partial charge is 0.416 e. The molecule has 8 heteroatoms. The number of hydrogen-bond donors (Lipinski definition) is 0. The average Bonchev–Trinajstić information content (AvgIpc) is 3.38. The first-order chi connectivity index (χ1) is 18.5. The van der Waals surface area contributed by atoms with Crippen molar-refractivity contribution in [3.05, 3.63) is 92.5 Å². The lowest BCUT2D eigenvalue weighted by atomic mass is 9.75. The summed E-state index contributed by atoms with van der Waals surface area (Å²) < 4.78 is 42.9. The monoisotopic (exact) mass is 587 g/mol. The topological polar surface area (TPSA) is 7.12 Å². The second-order valence-electron chi connectivity index (χ2n) is 10.6. The quantitative estimate of drug-likeness (QED) is 0.274. The maximum absolute atomic E-state index is 13.3. The maximum atomic E-state index is 13.3. The van der Waals surface area contributed by atoms with E-state index in [1.807, 2.05) is 23.6 Å². The van der Waals surface area contributed by atoms with Crippen LogP contribution in [0, 0.1) is 5.41 Å². The van der Waals surface area contributed by atoms with Crippen LogP contribution in [0.2, 0.25) is 5.02 Å². The second-order valence-corrected chi connectivity index (χ2v) is 13.2. The van der Waals surface area contributed by atoms with Gasteiger partial charge < -0.3 is 4.90 Å². The van der Waals surface area contributed by atoms with Crippen molar-refractivity contribution < 1.29 is 17.7 Å². The first kappa shape index (κ1) is 28.1. The van der Waals surface area contributed by atoms with Gasteiger partial charge in [-0.05, 0) is 79.7 Å². The lowest BCUT2D eigenvalue weighted by molar-refractivity contribution is -0.665. The Hall–Kier alpha value is -2.48. The molecule has 0 N–H and O–H groups in total. The highest BCUT2D eigenvalue weighted by atomic mass is 35.5. The molecule has 0 spiro atoms. The molecule has 1 aliphatic carbocycles. The van der Waals surface area contributed by atoms with E-state index in [1.54, 1.807) is 17.8 Å². The van der Waals surface area contributed by atoms with Crippen molar-refractivity contribution in [1.29, 1.82) is 0 Å². The summed E-state index contributed by atoms with van der Waals surface area (Å²) in [4.78, 5) is 3.48. The number of halogens is 4. The van der Waals surface area contributed by atoms with E-state index < -0.39 is 11.7 Å². The number of thiazole rings is 1. The molecular weight excluding hydrogens is 557 g/mol. The molecule has 0 saturated carbocycles. The summed E-state index contributed by atoms with van der Waals surface area (Å²) in [6, 6.07) is 10.0. The fourth-order valence-electron chi connectivity index (χ4n) is 5.36. The molecule has 5 rings (SSSR count). The summed E-state index contributed by atoms with van der Waals surface area (Å²) in [6.45, 7) is 10.1. The van der Waals surface area contributed by atoms with Crippen LogP contribution in [0.5, 0.6) is 0 Å². The van der Waals surface area contributed by atoms with E-state index >= 15 is 0 Å². The van der Waals surface area contributed by atoms with Crippen LogP contribution in [0.3, 0.4) is 0 Å². The third-order valence-corrected chi connectivity index (χ3v) is 9.45. The van der Waals surface area contributed by atoms with Gasteiger partial charge >= 0.3 is 6.18 Å². The third-order valence-electron chi connectivity index (χ3n) is 6.98. The van der Waals surface area contributed by atoms with Crippen LogP contribution in [0.15, 0.2) is 81.8 Å². The highest BCUT2D eigenvalue weighted by Crippen LogP contribution is 2.47. The number of allylic oxidation sites excluding steroid dienone is 6. The number of anilines is 1. The minimum atomic E-state index is -4.35. The number of alkyl halides is 3. The van der Waals surface area contributed by atoms with Crippen LogP contribution < -0.4 is 9.47 Å². The molecule has 2 nitrogen and oxygen atoms in total. The lowest BCUT2D eigenvalue weighted by Crippen LogP contribution is -2.33. The molecule has 1 aromatic heterocycles. The molecule has 2 aliphatic rings. The fraction of sp³-hybridized carbons (Fsp3) is 0.323. The Kier molecular flexibility index (Phi) is 7.79. The van der Waals surface area contributed by atoms with E-state index in [2.05, 4.69) is 62.1 Å². The Morgan fingerprint density at radius 3 is 2.62 bits per heavy atom. The summed E-state index contributed by atoms with van der Waals surface area (Å²) in [6.07, 6.45) is 8.36. The first-order valence-electron chi connectivity index (χ1n) is 13.1. The Morgan fingerprint density at radius 1 is 1.10 bits per heavy atom. The molecule has 2 heterocycles. The summed E-state index contributed by atoms with van der Waals surface area (Å²) in [5, 5.41) is 2.88. The molecular formula is C31H31ClF3N2S2+. The van der Waals surface area contributed by atoms with Gasteiger partial charge in [0.15, 0.2) is 0 Å². The van der Waals surface area contributed by atoms with Gasteiger partial charge in [0.05, 0.1) is 16.3 Å². The maximum Gasteiger partial charge on any atom is 0.416 e. The zero-order chi connectivity index (χ0) is 27.9. The molecule has 0 unspecified atom stereocenters. The number of hydrogen-bond acceptors (Lipinski definition) is 3. The first-order valence-corrected chi connectivity index (χ1v) is 15.1. The molecule has 204 valence electrons. The number of fused-ring (bicyclic) bond motifs is 2. The number of benzene rings is 2. The van der Waals surface area contributed by atoms with Crippen molar-refractivity contribution in [1.82, 2.24) is 0 Å². The SMILES string of the molecule is CCN1/C(=C/C=C/C2=CC(=C/c3sc4ccc(C(F)(F)F)cc4[n+]3CC)/CC(C)(C)C2)Sc2ccc(Cl)cc21. The fourth-order valence-corrected chi connectivity index (χ4v) is 7.82. The summed E-state index contributed by atoms with van der Waals surface area (Å²) in [5.41, 5.74) is 3.68. The molecule has 0 atom stereocenters. The molecule has 0 bridgehead atoms. The van der Waals surface area contributed by atoms with Gasteiger partial charge in [-0.3, -0.25) is 0 Å². The number of aryl methyl sites for hydroxylation is 1. The summed E-state index contributed by atoms with van der Waals surface area (Å²) in [5.74, 6) is 0. The van der Waals surface area contributed by atoms with Gasteiger partial charge in [-0.15, -0.1) is 0 Å². The van der Waals surface area contributed by atoms with Crippen molar-refractivity contribution in [2.45, 2.75) is 58.2 Å². The number of rotatable bonds is 5. The summed E-state index contributed by atoms with van der Waals surface area (Å²) >= 11 is 9.53. The van der Waals surface area contributed by atoms with E-state index in [1.165, 1.54) is 44.5 Å². The highest BCUT2D eigenvalue weighted by Gasteiger charge is 2.33. The Morgan fingerprint density at radius 2 is 1.90 bits per heavy atom. The smallest absolute Gasteiger partial charge is 0.335 e. The van der Waals surface area contributed by atoms with Gasteiger partial charge in [-0.1, -0.05) is 66.8 Å². The Labute approximate surface area is 241 Å². The van der Waals surface area contributed by atoms with Gasteiger partial charge in [0.2, 0.25) is 5.52 Å². The molecule has 39 heavy (non-hydrogen) atoms. The van der Waals surface area contributed by atoms with Crippen LogP contribution >= 0.6 is 34.7 Å². The van der Waals surface area contributed by atoms with Gasteiger partial charge in [0.25, 0.3) is 5.01 Å². The predicted octanol–water partition coefficient (Wildman–Crippen LogP) is 10.0. The molecule has 0 saturated heterocycles. The molecule has 0 radical (unpaired) electrons. The Balaban J connectivity index is 1.45. The lowest BCUT2D eigenvalue weighted by Gasteiger charge is -2.30. The van der Waals surface area contributed by atoms with E-state index in [-0.39, 0.29) is 5.41 Å². The average molecular weight is 588 g/mol. The zero-order valence-electron chi connectivity index (χ0n) is 22.4. The predicted molar refractivity (Wildman–Crippen MR) is 159 cm³/mol. The van der Waals surface area contributed by atoms with Crippen molar-refractivity contribution in [2.24, 2.45) is 5.41 Å². The molecule has 1 aliphatic heterocycles. The van der Waals surface area contributed by atoms with Crippen LogP contribution in [0.25, 0.3) is 16.3 Å².